The summed E-state index contributed by atoms with van der Waals surface area (Å²) >= 11 is 0. The van der Waals surface area contributed by atoms with Crippen LogP contribution in [0.1, 0.15) is 12.2 Å². The zero-order valence-electron chi connectivity index (χ0n) is 13.8. The Kier molecular flexibility index (Phi) is 4.42. The van der Waals surface area contributed by atoms with Gasteiger partial charge in [-0.3, -0.25) is 14.5 Å². The van der Waals surface area contributed by atoms with E-state index in [1.807, 2.05) is 30.3 Å². The van der Waals surface area contributed by atoms with E-state index in [4.69, 9.17) is 0 Å². The quantitative estimate of drug-likeness (QED) is 0.737. The monoisotopic (exact) mass is 343 g/mol. The molecule has 1 atom stereocenters. The summed E-state index contributed by atoms with van der Waals surface area (Å²) in [6.45, 7) is 0.106. The van der Waals surface area contributed by atoms with Crippen molar-refractivity contribution in [1.29, 1.82) is 0 Å². The first-order valence-electron chi connectivity index (χ1n) is 7.62. The van der Waals surface area contributed by atoms with Crippen molar-refractivity contribution in [1.82, 2.24) is 35.3 Å². The Bertz CT molecular complexity index is 804. The van der Waals surface area contributed by atoms with Gasteiger partial charge >= 0.3 is 6.03 Å². The van der Waals surface area contributed by atoms with Crippen molar-refractivity contribution in [3.63, 3.8) is 0 Å². The number of urea groups is 1. The van der Waals surface area contributed by atoms with Crippen LogP contribution in [0.4, 0.5) is 4.79 Å². The van der Waals surface area contributed by atoms with Crippen LogP contribution < -0.4 is 5.32 Å². The molecule has 0 bridgehead atoms. The molecule has 1 aliphatic rings. The Labute approximate surface area is 143 Å². The largest absolute Gasteiger partial charge is 0.349 e. The number of hydrogen-bond donors (Lipinski definition) is 1. The normalized spacial score (nSPS) is 17.3. The minimum absolute atomic E-state index is 0.106. The van der Waals surface area contributed by atoms with Crippen LogP contribution in [0, 0.1) is 0 Å². The summed E-state index contributed by atoms with van der Waals surface area (Å²) in [6.07, 6.45) is -0.113. The lowest BCUT2D eigenvalue weighted by Gasteiger charge is -2.15. The highest BCUT2D eigenvalue weighted by Gasteiger charge is 2.41. The van der Waals surface area contributed by atoms with Crippen LogP contribution in [0.5, 0.6) is 0 Å². The Hall–Kier alpha value is -3.30. The van der Waals surface area contributed by atoms with Gasteiger partial charge in [0.05, 0.1) is 18.7 Å². The van der Waals surface area contributed by atoms with Crippen LogP contribution in [-0.2, 0) is 16.1 Å². The molecule has 2 aromatic rings. The maximum atomic E-state index is 12.1. The average Bonchev–Trinajstić information content (AvgIpc) is 3.17. The second-order valence-electron chi connectivity index (χ2n) is 5.63. The summed E-state index contributed by atoms with van der Waals surface area (Å²) in [7, 11) is 2.89. The zero-order chi connectivity index (χ0) is 18.0. The molecule has 1 aliphatic heterocycles. The Morgan fingerprint density at radius 1 is 1.20 bits per heavy atom. The van der Waals surface area contributed by atoms with Crippen molar-refractivity contribution < 1.29 is 14.4 Å². The molecule has 0 unspecified atom stereocenters. The van der Waals surface area contributed by atoms with Gasteiger partial charge in [0.1, 0.15) is 6.04 Å². The fraction of sp³-hybridized carbons (Fsp3) is 0.333. The summed E-state index contributed by atoms with van der Waals surface area (Å²) in [6, 6.07) is 8.06. The van der Waals surface area contributed by atoms with Crippen molar-refractivity contribution in [3.05, 3.63) is 36.2 Å². The number of carbonyl (C=O) groups is 3. The Morgan fingerprint density at radius 3 is 2.56 bits per heavy atom. The molecule has 10 nitrogen and oxygen atoms in total. The summed E-state index contributed by atoms with van der Waals surface area (Å²) in [5, 5.41) is 14.1. The van der Waals surface area contributed by atoms with Gasteiger partial charge in [-0.2, -0.15) is 4.68 Å². The molecule has 10 heteroatoms. The number of nitrogens with zero attached hydrogens (tertiary/aromatic N) is 6. The van der Waals surface area contributed by atoms with E-state index in [9.17, 15) is 14.4 Å². The van der Waals surface area contributed by atoms with Gasteiger partial charge in [0, 0.05) is 14.1 Å². The lowest BCUT2D eigenvalue weighted by Crippen LogP contribution is -2.37. The third-order valence-electron chi connectivity index (χ3n) is 4.03. The van der Waals surface area contributed by atoms with E-state index < -0.39 is 18.0 Å². The van der Waals surface area contributed by atoms with Gasteiger partial charge in [-0.25, -0.2) is 4.79 Å². The minimum Gasteiger partial charge on any atom is -0.349 e. The molecule has 2 heterocycles. The second kappa shape index (κ2) is 6.67. The topological polar surface area (TPSA) is 113 Å². The SMILES string of the molecule is CN1C(=O)[C@@H](CC(=O)NCc2nnnn2-c2ccccc2)N(C)C1=O. The number of benzene rings is 1. The number of para-hydroxylation sites is 1. The predicted octanol–water partition coefficient (Wildman–Crippen LogP) is -0.439. The standard InChI is InChI=1S/C15H17N7O3/c1-20-11(14(24)21(2)15(20)25)8-13(23)16-9-12-17-18-19-22(12)10-6-4-3-5-7-10/h3-7,11H,8-9H2,1-2H3,(H,16,23)/t11-/m1/s1. The predicted molar refractivity (Wildman–Crippen MR) is 85.3 cm³/mol. The fourth-order valence-electron chi connectivity index (χ4n) is 2.59. The highest BCUT2D eigenvalue weighted by atomic mass is 16.2. The van der Waals surface area contributed by atoms with Crippen LogP contribution in [0.3, 0.4) is 0 Å². The first-order chi connectivity index (χ1) is 12.0. The molecule has 0 radical (unpaired) electrons. The zero-order valence-corrected chi connectivity index (χ0v) is 13.8. The maximum Gasteiger partial charge on any atom is 0.326 e. The number of amides is 4. The van der Waals surface area contributed by atoms with E-state index in [1.165, 1.54) is 23.7 Å². The minimum atomic E-state index is -0.789. The number of nitrogens with one attached hydrogen (secondary N) is 1. The highest BCUT2D eigenvalue weighted by Crippen LogP contribution is 2.16. The summed E-state index contributed by atoms with van der Waals surface area (Å²) in [5.41, 5.74) is 0.773. The van der Waals surface area contributed by atoms with E-state index in [-0.39, 0.29) is 18.9 Å². The van der Waals surface area contributed by atoms with Crippen LogP contribution in [0.25, 0.3) is 5.69 Å². The smallest absolute Gasteiger partial charge is 0.326 e. The van der Waals surface area contributed by atoms with Crippen LogP contribution in [0.2, 0.25) is 0 Å². The average molecular weight is 343 g/mol. The lowest BCUT2D eigenvalue weighted by atomic mass is 10.2. The molecular formula is C15H17N7O3. The van der Waals surface area contributed by atoms with E-state index in [1.54, 1.807) is 0 Å². The number of aromatic nitrogens is 4. The number of carbonyl (C=O) groups excluding carboxylic acids is 3. The van der Waals surface area contributed by atoms with Crippen molar-refractivity contribution in [2.45, 2.75) is 19.0 Å². The van der Waals surface area contributed by atoms with Gasteiger partial charge in [0.2, 0.25) is 5.91 Å². The van der Waals surface area contributed by atoms with Crippen LogP contribution in [0.15, 0.2) is 30.3 Å². The van der Waals surface area contributed by atoms with Crippen molar-refractivity contribution >= 4 is 17.8 Å². The molecule has 25 heavy (non-hydrogen) atoms. The molecular weight excluding hydrogens is 326 g/mol. The third-order valence-corrected chi connectivity index (χ3v) is 4.03. The van der Waals surface area contributed by atoms with Crippen LogP contribution >= 0.6 is 0 Å². The first kappa shape index (κ1) is 16.6. The van der Waals surface area contributed by atoms with Gasteiger partial charge in [-0.1, -0.05) is 18.2 Å². The molecule has 1 aromatic heterocycles. The lowest BCUT2D eigenvalue weighted by molar-refractivity contribution is -0.131. The fourth-order valence-corrected chi connectivity index (χ4v) is 2.59. The Balaban J connectivity index is 1.62. The van der Waals surface area contributed by atoms with Crippen molar-refractivity contribution in [3.8, 4) is 5.69 Å². The van der Waals surface area contributed by atoms with E-state index in [2.05, 4.69) is 20.8 Å². The van der Waals surface area contributed by atoms with Crippen molar-refractivity contribution in [2.75, 3.05) is 14.1 Å². The molecule has 0 saturated carbocycles. The Morgan fingerprint density at radius 2 is 1.92 bits per heavy atom. The first-order valence-corrected chi connectivity index (χ1v) is 7.62. The molecule has 0 aliphatic carbocycles. The molecule has 1 aromatic carbocycles. The maximum absolute atomic E-state index is 12.1. The van der Waals surface area contributed by atoms with Gasteiger partial charge < -0.3 is 10.2 Å². The van der Waals surface area contributed by atoms with E-state index in [0.717, 1.165) is 10.6 Å². The van der Waals surface area contributed by atoms with Gasteiger partial charge in [0.25, 0.3) is 5.91 Å². The molecule has 4 amide bonds. The number of imide groups is 1. The molecule has 1 fully saturated rings. The van der Waals surface area contributed by atoms with Crippen LogP contribution in [-0.4, -0.2) is 68.0 Å². The van der Waals surface area contributed by atoms with Gasteiger partial charge in [0.15, 0.2) is 5.82 Å². The van der Waals surface area contributed by atoms with E-state index in [0.29, 0.717) is 5.82 Å². The highest BCUT2D eigenvalue weighted by molar-refractivity contribution is 6.05. The van der Waals surface area contributed by atoms with Gasteiger partial charge in [-0.15, -0.1) is 5.10 Å². The van der Waals surface area contributed by atoms with Gasteiger partial charge in [-0.05, 0) is 22.6 Å². The second-order valence-corrected chi connectivity index (χ2v) is 5.63. The third kappa shape index (κ3) is 3.18. The number of tetrazole rings is 1. The summed E-state index contributed by atoms with van der Waals surface area (Å²) in [4.78, 5) is 38.1. The molecule has 3 rings (SSSR count). The number of rotatable bonds is 5. The number of hydrogen-bond acceptors (Lipinski definition) is 6. The number of likely N-dealkylation sites (N-methyl/N-ethyl adjacent to an activating group) is 2. The molecule has 1 N–H and O–H groups in total. The summed E-state index contributed by atoms with van der Waals surface area (Å²) in [5.74, 6) is -0.300. The van der Waals surface area contributed by atoms with E-state index >= 15 is 0 Å². The molecule has 0 spiro atoms. The molecule has 130 valence electrons. The van der Waals surface area contributed by atoms with Crippen molar-refractivity contribution in [2.24, 2.45) is 0 Å². The summed E-state index contributed by atoms with van der Waals surface area (Å²) < 4.78 is 1.52. The molecule has 1 saturated heterocycles.